The van der Waals surface area contributed by atoms with Gasteiger partial charge < -0.3 is 14.5 Å². The van der Waals surface area contributed by atoms with Gasteiger partial charge in [0.2, 0.25) is 0 Å². The number of benzene rings is 7. The van der Waals surface area contributed by atoms with Gasteiger partial charge in [-0.15, -0.1) is 0 Å². The van der Waals surface area contributed by atoms with Crippen LogP contribution in [-0.2, 0) is 0 Å². The van der Waals surface area contributed by atoms with Crippen LogP contribution < -0.4 is 4.90 Å². The van der Waals surface area contributed by atoms with E-state index in [-0.39, 0.29) is 0 Å². The summed E-state index contributed by atoms with van der Waals surface area (Å²) in [4.78, 5) is 5.97. The van der Waals surface area contributed by atoms with Crippen molar-refractivity contribution in [2.45, 2.75) is 0 Å². The Hall–Kier alpha value is -6.06. The number of fused-ring (bicyclic) bond motifs is 5. The summed E-state index contributed by atoms with van der Waals surface area (Å²) >= 11 is 0. The second kappa shape index (κ2) is 10.3. The van der Waals surface area contributed by atoms with Crippen LogP contribution in [0, 0.1) is 0 Å². The fourth-order valence-corrected chi connectivity index (χ4v) is 6.75. The molecule has 3 nitrogen and oxygen atoms in total. The third-order valence-electron chi connectivity index (χ3n) is 8.92. The Morgan fingerprint density at radius 3 is 2.07 bits per heavy atom. The van der Waals surface area contributed by atoms with Crippen LogP contribution >= 0.6 is 0 Å². The van der Waals surface area contributed by atoms with Crippen LogP contribution in [0.5, 0.6) is 0 Å². The van der Waals surface area contributed by atoms with Gasteiger partial charge in [0.25, 0.3) is 0 Å². The molecule has 1 N–H and O–H groups in total. The van der Waals surface area contributed by atoms with E-state index in [1.54, 1.807) is 0 Å². The minimum Gasteiger partial charge on any atom is -0.354 e. The number of aromatic amines is 1. The van der Waals surface area contributed by atoms with E-state index < -0.39 is 0 Å². The highest BCUT2D eigenvalue weighted by molar-refractivity contribution is 6.11. The highest BCUT2D eigenvalue weighted by atomic mass is 15.1. The van der Waals surface area contributed by atoms with Crippen LogP contribution in [0.25, 0.3) is 60.3 Å². The summed E-state index contributed by atoms with van der Waals surface area (Å²) in [5, 5.41) is 6.13. The summed E-state index contributed by atoms with van der Waals surface area (Å²) in [5.74, 6) is 0. The van der Waals surface area contributed by atoms with Gasteiger partial charge in [-0.25, -0.2) is 0 Å². The molecule has 9 rings (SSSR count). The Kier molecular flexibility index (Phi) is 5.82. The lowest BCUT2D eigenvalue weighted by molar-refractivity contribution is 1.12. The van der Waals surface area contributed by atoms with Crippen molar-refractivity contribution in [1.29, 1.82) is 0 Å². The lowest BCUT2D eigenvalue weighted by Crippen LogP contribution is -2.11. The Morgan fingerprint density at radius 2 is 1.18 bits per heavy atom. The summed E-state index contributed by atoms with van der Waals surface area (Å²) in [5.41, 5.74) is 10.4. The Bertz CT molecular complexity index is 2480. The van der Waals surface area contributed by atoms with E-state index in [9.17, 15) is 0 Å². The second-order valence-electron chi connectivity index (χ2n) is 11.6. The molecular formula is C42H29N3. The molecule has 0 atom stereocenters. The van der Waals surface area contributed by atoms with E-state index in [1.165, 1.54) is 43.6 Å². The zero-order chi connectivity index (χ0) is 29.7. The van der Waals surface area contributed by atoms with Crippen LogP contribution in [0.4, 0.5) is 17.1 Å². The fraction of sp³-hybridized carbons (Fsp3) is 0. The van der Waals surface area contributed by atoms with Crippen LogP contribution in [0.2, 0.25) is 0 Å². The van der Waals surface area contributed by atoms with E-state index in [0.29, 0.717) is 0 Å². The number of nitrogens with zero attached hydrogens (tertiary/aromatic N) is 2. The zero-order valence-corrected chi connectivity index (χ0v) is 24.6. The number of aromatic nitrogens is 2. The second-order valence-corrected chi connectivity index (χ2v) is 11.6. The van der Waals surface area contributed by atoms with Gasteiger partial charge in [0, 0.05) is 55.8 Å². The summed E-state index contributed by atoms with van der Waals surface area (Å²) < 4.78 is 2.31. The molecule has 7 aromatic carbocycles. The first-order chi connectivity index (χ1) is 22.3. The molecule has 2 aromatic heterocycles. The molecule has 2 heterocycles. The molecule has 0 radical (unpaired) electrons. The van der Waals surface area contributed by atoms with Crippen LogP contribution in [0.15, 0.2) is 170 Å². The largest absolute Gasteiger partial charge is 0.354 e. The molecule has 0 saturated carbocycles. The maximum atomic E-state index is 3.59. The first kappa shape index (κ1) is 25.4. The molecule has 0 unspecified atom stereocenters. The molecule has 0 aliphatic heterocycles. The SMILES string of the molecule is c1ccc(-c2ccc(N(c3cccc(-n4ccc5cc6[nH]c7ccccc7c6cc54)c3)c3cccc4ccccc34)cc2)cc1. The number of nitrogens with one attached hydrogen (secondary N) is 1. The van der Waals surface area contributed by atoms with Crippen molar-refractivity contribution in [1.82, 2.24) is 9.55 Å². The molecule has 0 fully saturated rings. The smallest absolute Gasteiger partial charge is 0.0540 e. The lowest BCUT2D eigenvalue weighted by atomic mass is 10.0. The number of H-pyrrole nitrogens is 1. The highest BCUT2D eigenvalue weighted by Crippen LogP contribution is 2.40. The predicted molar refractivity (Wildman–Crippen MR) is 190 cm³/mol. The van der Waals surface area contributed by atoms with E-state index in [2.05, 4.69) is 184 Å². The number of hydrogen-bond acceptors (Lipinski definition) is 1. The van der Waals surface area contributed by atoms with Crippen molar-refractivity contribution in [3.05, 3.63) is 170 Å². The van der Waals surface area contributed by atoms with Crippen LogP contribution in [-0.4, -0.2) is 9.55 Å². The normalized spacial score (nSPS) is 11.6. The number of rotatable bonds is 5. The zero-order valence-electron chi connectivity index (χ0n) is 24.6. The quantitative estimate of drug-likeness (QED) is 0.217. The van der Waals surface area contributed by atoms with E-state index in [4.69, 9.17) is 0 Å². The first-order valence-corrected chi connectivity index (χ1v) is 15.4. The summed E-state index contributed by atoms with van der Waals surface area (Å²) in [6, 6.07) is 58.8. The number of para-hydroxylation sites is 1. The summed E-state index contributed by atoms with van der Waals surface area (Å²) in [6.45, 7) is 0. The van der Waals surface area contributed by atoms with Gasteiger partial charge in [0.1, 0.15) is 0 Å². The minimum atomic E-state index is 1.10. The van der Waals surface area contributed by atoms with Crippen molar-refractivity contribution in [3.8, 4) is 16.8 Å². The van der Waals surface area contributed by atoms with Gasteiger partial charge >= 0.3 is 0 Å². The summed E-state index contributed by atoms with van der Waals surface area (Å²) in [7, 11) is 0. The topological polar surface area (TPSA) is 24.0 Å². The fourth-order valence-electron chi connectivity index (χ4n) is 6.75. The molecular weight excluding hydrogens is 546 g/mol. The maximum absolute atomic E-state index is 3.59. The first-order valence-electron chi connectivity index (χ1n) is 15.4. The van der Waals surface area contributed by atoms with Crippen molar-refractivity contribution in [3.63, 3.8) is 0 Å². The van der Waals surface area contributed by atoms with Gasteiger partial charge in [0.05, 0.1) is 11.2 Å². The Balaban J connectivity index is 1.21. The van der Waals surface area contributed by atoms with Gasteiger partial charge in [-0.1, -0.05) is 103 Å². The van der Waals surface area contributed by atoms with Crippen molar-refractivity contribution in [2.75, 3.05) is 4.90 Å². The average Bonchev–Trinajstić information content (AvgIpc) is 3.69. The maximum Gasteiger partial charge on any atom is 0.0540 e. The van der Waals surface area contributed by atoms with E-state index >= 15 is 0 Å². The molecule has 0 aliphatic carbocycles. The van der Waals surface area contributed by atoms with Gasteiger partial charge in [-0.05, 0) is 77.2 Å². The molecule has 0 aliphatic rings. The molecule has 0 spiro atoms. The Morgan fingerprint density at radius 1 is 0.444 bits per heavy atom. The standard InChI is InChI=1S/C42H29N3/c1-2-10-29(11-3-1)30-20-22-33(23-21-30)45(41-19-8-13-31-12-4-5-16-36(31)41)35-15-9-14-34(27-35)44-25-24-32-26-40-38(28-42(32)44)37-17-6-7-18-39(37)43-40/h1-28,43H. The predicted octanol–water partition coefficient (Wildman–Crippen LogP) is 11.6. The molecule has 3 heteroatoms. The molecule has 0 bridgehead atoms. The Labute approximate surface area is 261 Å². The monoisotopic (exact) mass is 575 g/mol. The van der Waals surface area contributed by atoms with Crippen molar-refractivity contribution < 1.29 is 0 Å². The third kappa shape index (κ3) is 4.29. The molecule has 0 saturated heterocycles. The molecule has 0 amide bonds. The van der Waals surface area contributed by atoms with Crippen molar-refractivity contribution >= 4 is 60.5 Å². The molecule has 9 aromatic rings. The minimum absolute atomic E-state index is 1.10. The molecule has 45 heavy (non-hydrogen) atoms. The summed E-state index contributed by atoms with van der Waals surface area (Å²) in [6.07, 6.45) is 2.18. The number of anilines is 3. The number of hydrogen-bond donors (Lipinski definition) is 1. The molecule has 212 valence electrons. The average molecular weight is 576 g/mol. The van der Waals surface area contributed by atoms with Crippen LogP contribution in [0.1, 0.15) is 0 Å². The van der Waals surface area contributed by atoms with Crippen LogP contribution in [0.3, 0.4) is 0 Å². The third-order valence-corrected chi connectivity index (χ3v) is 8.92. The van der Waals surface area contributed by atoms with Gasteiger partial charge in [0.15, 0.2) is 0 Å². The van der Waals surface area contributed by atoms with E-state index in [1.807, 2.05) is 0 Å². The van der Waals surface area contributed by atoms with Gasteiger partial charge in [-0.3, -0.25) is 0 Å². The highest BCUT2D eigenvalue weighted by Gasteiger charge is 2.17. The van der Waals surface area contributed by atoms with E-state index in [0.717, 1.165) is 33.8 Å². The van der Waals surface area contributed by atoms with Crippen molar-refractivity contribution in [2.24, 2.45) is 0 Å². The van der Waals surface area contributed by atoms with Gasteiger partial charge in [-0.2, -0.15) is 0 Å². The lowest BCUT2D eigenvalue weighted by Gasteiger charge is -2.27.